The summed E-state index contributed by atoms with van der Waals surface area (Å²) in [5, 5.41) is 11.0. The maximum atomic E-state index is 13.7. The lowest BCUT2D eigenvalue weighted by atomic mass is 10.2. The van der Waals surface area contributed by atoms with E-state index in [2.05, 4.69) is 15.5 Å². The van der Waals surface area contributed by atoms with Gasteiger partial charge in [-0.3, -0.25) is 0 Å². The molecule has 3 rings (SSSR count). The van der Waals surface area contributed by atoms with Gasteiger partial charge in [-0.1, -0.05) is 6.07 Å². The Labute approximate surface area is 145 Å². The van der Waals surface area contributed by atoms with E-state index in [-0.39, 0.29) is 5.82 Å². The highest BCUT2D eigenvalue weighted by Gasteiger charge is 2.11. The molecule has 1 N–H and O–H groups in total. The van der Waals surface area contributed by atoms with Crippen molar-refractivity contribution in [1.29, 1.82) is 0 Å². The Kier molecular flexibility index (Phi) is 4.83. The minimum atomic E-state index is -0.358. The highest BCUT2D eigenvalue weighted by Crippen LogP contribution is 2.36. The van der Waals surface area contributed by atoms with Gasteiger partial charge in [0.05, 0.1) is 19.3 Å². The maximum Gasteiger partial charge on any atom is 0.169 e. The Balaban J connectivity index is 1.85. The van der Waals surface area contributed by atoms with Gasteiger partial charge < -0.3 is 19.4 Å². The first-order valence-electron chi connectivity index (χ1n) is 7.75. The fraction of sp³-hybridized carbons (Fsp3) is 0.222. The molecule has 0 fully saturated rings. The van der Waals surface area contributed by atoms with Crippen molar-refractivity contribution in [3.8, 4) is 17.2 Å². The molecule has 1 aromatic heterocycles. The molecule has 2 aromatic carbocycles. The molecule has 0 bridgehead atoms. The third-order valence-corrected chi connectivity index (χ3v) is 3.72. The smallest absolute Gasteiger partial charge is 0.169 e. The zero-order valence-electron chi connectivity index (χ0n) is 14.3. The predicted molar refractivity (Wildman–Crippen MR) is 92.5 cm³/mol. The van der Waals surface area contributed by atoms with Gasteiger partial charge in [0.25, 0.3) is 0 Å². The fourth-order valence-corrected chi connectivity index (χ4v) is 2.35. The third kappa shape index (κ3) is 3.88. The van der Waals surface area contributed by atoms with E-state index in [1.54, 1.807) is 24.1 Å². The Hall–Kier alpha value is -3.09. The van der Waals surface area contributed by atoms with Gasteiger partial charge in [0.15, 0.2) is 23.1 Å². The van der Waals surface area contributed by atoms with Gasteiger partial charge >= 0.3 is 0 Å². The summed E-state index contributed by atoms with van der Waals surface area (Å²) in [6.07, 6.45) is 1.61. The number of hydrogen-bond acceptors (Lipinski definition) is 5. The molecule has 0 unspecified atom stereocenters. The first kappa shape index (κ1) is 16.8. The second-order valence-electron chi connectivity index (χ2n) is 5.61. The molecule has 7 heteroatoms. The average Bonchev–Trinajstić information content (AvgIpc) is 3.01. The lowest BCUT2D eigenvalue weighted by Crippen LogP contribution is -2.07. The molecule has 1 heterocycles. The minimum absolute atomic E-state index is 0.358. The van der Waals surface area contributed by atoms with Crippen LogP contribution < -0.4 is 14.8 Å². The van der Waals surface area contributed by atoms with Gasteiger partial charge in [0, 0.05) is 13.1 Å². The van der Waals surface area contributed by atoms with Crippen LogP contribution >= 0.6 is 0 Å². The van der Waals surface area contributed by atoms with Crippen molar-refractivity contribution in [2.45, 2.75) is 13.5 Å². The molecule has 0 aliphatic rings. The summed E-state index contributed by atoms with van der Waals surface area (Å²) in [7, 11) is 3.43. The first-order chi connectivity index (χ1) is 12.1. The molecule has 0 saturated carbocycles. The number of aryl methyl sites for hydroxylation is 2. The number of halogens is 1. The number of hydrogen-bond donors (Lipinski definition) is 1. The van der Waals surface area contributed by atoms with Crippen LogP contribution in [-0.2, 0) is 13.6 Å². The van der Waals surface area contributed by atoms with E-state index in [1.807, 2.05) is 32.2 Å². The van der Waals surface area contributed by atoms with E-state index in [0.29, 0.717) is 29.5 Å². The second kappa shape index (κ2) is 7.21. The second-order valence-corrected chi connectivity index (χ2v) is 5.61. The topological polar surface area (TPSA) is 61.2 Å². The summed E-state index contributed by atoms with van der Waals surface area (Å²) < 4.78 is 26.8. The van der Waals surface area contributed by atoms with Crippen LogP contribution in [0.5, 0.6) is 17.2 Å². The predicted octanol–water partition coefficient (Wildman–Crippen LogP) is 3.68. The van der Waals surface area contributed by atoms with Crippen LogP contribution in [0, 0.1) is 12.7 Å². The van der Waals surface area contributed by atoms with Crippen molar-refractivity contribution >= 4 is 5.69 Å². The number of ether oxygens (including phenoxy) is 2. The summed E-state index contributed by atoms with van der Waals surface area (Å²) >= 11 is 0. The number of nitrogens with zero attached hydrogens (tertiary/aromatic N) is 3. The van der Waals surface area contributed by atoms with Crippen LogP contribution in [0.4, 0.5) is 10.1 Å². The summed E-state index contributed by atoms with van der Waals surface area (Å²) in [6, 6.07) is 9.94. The molecular weight excluding hydrogens is 323 g/mol. The zero-order chi connectivity index (χ0) is 17.8. The quantitative estimate of drug-likeness (QED) is 0.740. The van der Waals surface area contributed by atoms with Gasteiger partial charge in [-0.05, 0) is 36.8 Å². The summed E-state index contributed by atoms with van der Waals surface area (Å²) in [4.78, 5) is 0. The van der Waals surface area contributed by atoms with E-state index in [9.17, 15) is 4.39 Å². The van der Waals surface area contributed by atoms with Crippen molar-refractivity contribution in [3.05, 3.63) is 59.9 Å². The van der Waals surface area contributed by atoms with E-state index in [1.165, 1.54) is 12.1 Å². The van der Waals surface area contributed by atoms with E-state index >= 15 is 0 Å². The maximum absolute atomic E-state index is 13.7. The zero-order valence-corrected chi connectivity index (χ0v) is 14.3. The molecule has 0 aliphatic carbocycles. The number of methoxy groups -OCH3 is 1. The van der Waals surface area contributed by atoms with Crippen molar-refractivity contribution < 1.29 is 13.9 Å². The van der Waals surface area contributed by atoms with Crippen LogP contribution in [0.2, 0.25) is 0 Å². The molecule has 0 radical (unpaired) electrons. The molecule has 6 nitrogen and oxygen atoms in total. The Morgan fingerprint density at radius 1 is 1.12 bits per heavy atom. The van der Waals surface area contributed by atoms with Crippen molar-refractivity contribution in [2.24, 2.45) is 7.05 Å². The number of nitrogens with one attached hydrogen (secondary N) is 1. The summed E-state index contributed by atoms with van der Waals surface area (Å²) in [5.41, 5.74) is 1.58. The molecule has 25 heavy (non-hydrogen) atoms. The van der Waals surface area contributed by atoms with Crippen LogP contribution in [0.25, 0.3) is 0 Å². The fourth-order valence-electron chi connectivity index (χ4n) is 2.35. The Morgan fingerprint density at radius 2 is 1.92 bits per heavy atom. The largest absolute Gasteiger partial charge is 0.493 e. The molecule has 0 saturated heterocycles. The number of benzene rings is 2. The average molecular weight is 342 g/mol. The molecule has 0 atom stereocenters. The lowest BCUT2D eigenvalue weighted by molar-refractivity contribution is 0.379. The van der Waals surface area contributed by atoms with Crippen molar-refractivity contribution in [3.63, 3.8) is 0 Å². The van der Waals surface area contributed by atoms with Crippen LogP contribution in [0.3, 0.4) is 0 Å². The number of anilines is 1. The van der Waals surface area contributed by atoms with Gasteiger partial charge in [0.1, 0.15) is 12.1 Å². The Morgan fingerprint density at radius 3 is 2.64 bits per heavy atom. The van der Waals surface area contributed by atoms with Gasteiger partial charge in [-0.2, -0.15) is 0 Å². The van der Waals surface area contributed by atoms with Crippen molar-refractivity contribution in [2.75, 3.05) is 12.4 Å². The number of aromatic nitrogens is 3. The molecule has 0 amide bonds. The minimum Gasteiger partial charge on any atom is -0.493 e. The SMILES string of the molecule is COc1cc(C)ccc1Oc1ccc(F)cc1NCc1nncn1C. The highest BCUT2D eigenvalue weighted by molar-refractivity contribution is 5.59. The number of rotatable bonds is 6. The van der Waals surface area contributed by atoms with Gasteiger partial charge in [-0.15, -0.1) is 10.2 Å². The standard InChI is InChI=1S/C18H19FN4O2/c1-12-4-6-16(17(8-12)24-3)25-15-7-5-13(19)9-14(15)20-10-18-22-21-11-23(18)2/h4-9,11,20H,10H2,1-3H3. The van der Waals surface area contributed by atoms with E-state index in [0.717, 1.165) is 11.4 Å². The van der Waals surface area contributed by atoms with Gasteiger partial charge in [-0.25, -0.2) is 4.39 Å². The van der Waals surface area contributed by atoms with Gasteiger partial charge in [0.2, 0.25) is 0 Å². The van der Waals surface area contributed by atoms with E-state index < -0.39 is 0 Å². The molecule has 3 aromatic rings. The lowest BCUT2D eigenvalue weighted by Gasteiger charge is -2.15. The summed E-state index contributed by atoms with van der Waals surface area (Å²) in [6.45, 7) is 2.36. The molecule has 0 aliphatic heterocycles. The molecule has 130 valence electrons. The van der Waals surface area contributed by atoms with Crippen molar-refractivity contribution in [1.82, 2.24) is 14.8 Å². The van der Waals surface area contributed by atoms with Crippen LogP contribution in [-0.4, -0.2) is 21.9 Å². The van der Waals surface area contributed by atoms with E-state index in [4.69, 9.17) is 9.47 Å². The van der Waals surface area contributed by atoms with Crippen LogP contribution in [0.1, 0.15) is 11.4 Å². The monoisotopic (exact) mass is 342 g/mol. The Bertz CT molecular complexity index is 879. The normalized spacial score (nSPS) is 10.6. The molecule has 0 spiro atoms. The third-order valence-electron chi connectivity index (χ3n) is 3.72. The molecular formula is C18H19FN4O2. The summed E-state index contributed by atoms with van der Waals surface area (Å²) in [5.74, 6) is 2.03. The highest BCUT2D eigenvalue weighted by atomic mass is 19.1. The first-order valence-corrected chi connectivity index (χ1v) is 7.75. The van der Waals surface area contributed by atoms with Crippen LogP contribution in [0.15, 0.2) is 42.7 Å².